The van der Waals surface area contributed by atoms with Crippen LogP contribution in [0.15, 0.2) is 53.1 Å². The van der Waals surface area contributed by atoms with Crippen LogP contribution in [0.3, 0.4) is 0 Å². The molecule has 1 atom stereocenters. The number of fused-ring (bicyclic) bond motifs is 2. The number of hydrogen-bond acceptors (Lipinski definition) is 2. The highest BCUT2D eigenvalue weighted by molar-refractivity contribution is 5.80. The number of oxazole rings is 1. The van der Waals surface area contributed by atoms with E-state index in [1.54, 1.807) is 0 Å². The monoisotopic (exact) mass is 318 g/mol. The van der Waals surface area contributed by atoms with Gasteiger partial charge in [0.2, 0.25) is 0 Å². The van der Waals surface area contributed by atoms with E-state index in [4.69, 9.17) is 9.40 Å². The first-order valence-corrected chi connectivity index (χ1v) is 8.57. The Morgan fingerprint density at radius 1 is 1.08 bits per heavy atom. The summed E-state index contributed by atoms with van der Waals surface area (Å²) in [5.74, 6) is 1.62. The van der Waals surface area contributed by atoms with Crippen molar-refractivity contribution in [1.82, 2.24) is 9.97 Å². The van der Waals surface area contributed by atoms with Gasteiger partial charge in [-0.3, -0.25) is 0 Å². The van der Waals surface area contributed by atoms with E-state index in [9.17, 15) is 0 Å². The van der Waals surface area contributed by atoms with Crippen molar-refractivity contribution < 1.29 is 4.42 Å². The quantitative estimate of drug-likeness (QED) is 0.518. The second kappa shape index (κ2) is 5.82. The van der Waals surface area contributed by atoms with Gasteiger partial charge < -0.3 is 9.40 Å². The van der Waals surface area contributed by atoms with Gasteiger partial charge in [0.1, 0.15) is 5.52 Å². The van der Waals surface area contributed by atoms with Crippen molar-refractivity contribution in [2.24, 2.45) is 0 Å². The van der Waals surface area contributed by atoms with E-state index < -0.39 is 0 Å². The van der Waals surface area contributed by atoms with E-state index in [-0.39, 0.29) is 0 Å². The standard InChI is InChI=1S/C21H22N2O/c1-13(2)17-5-4-6-19-21(17)23-20(24-19)11-14(3)15-7-8-18-16(12-15)9-10-22-18/h4-10,12-14,22H,11H2,1-3H3. The molecule has 0 radical (unpaired) electrons. The summed E-state index contributed by atoms with van der Waals surface area (Å²) in [5.41, 5.74) is 5.65. The highest BCUT2D eigenvalue weighted by Crippen LogP contribution is 2.28. The van der Waals surface area contributed by atoms with Crippen molar-refractivity contribution in [1.29, 1.82) is 0 Å². The van der Waals surface area contributed by atoms with Gasteiger partial charge in [0.25, 0.3) is 0 Å². The van der Waals surface area contributed by atoms with Gasteiger partial charge in [-0.2, -0.15) is 0 Å². The summed E-state index contributed by atoms with van der Waals surface area (Å²) < 4.78 is 6.01. The zero-order valence-electron chi connectivity index (χ0n) is 14.3. The van der Waals surface area contributed by atoms with E-state index in [1.165, 1.54) is 22.0 Å². The highest BCUT2D eigenvalue weighted by Gasteiger charge is 2.15. The Kier molecular flexibility index (Phi) is 3.64. The van der Waals surface area contributed by atoms with Crippen LogP contribution in [-0.4, -0.2) is 9.97 Å². The van der Waals surface area contributed by atoms with Crippen LogP contribution in [0.5, 0.6) is 0 Å². The highest BCUT2D eigenvalue weighted by atomic mass is 16.3. The number of benzene rings is 2. The van der Waals surface area contributed by atoms with Crippen LogP contribution in [-0.2, 0) is 6.42 Å². The van der Waals surface area contributed by atoms with Crippen LogP contribution < -0.4 is 0 Å². The van der Waals surface area contributed by atoms with E-state index in [1.807, 2.05) is 12.3 Å². The lowest BCUT2D eigenvalue weighted by Crippen LogP contribution is -1.98. The van der Waals surface area contributed by atoms with E-state index >= 15 is 0 Å². The van der Waals surface area contributed by atoms with Gasteiger partial charge >= 0.3 is 0 Å². The number of rotatable bonds is 4. The van der Waals surface area contributed by atoms with Gasteiger partial charge in [0, 0.05) is 18.1 Å². The van der Waals surface area contributed by atoms with Gasteiger partial charge in [-0.25, -0.2) is 4.98 Å². The molecule has 1 N–H and O–H groups in total. The third-order valence-corrected chi connectivity index (χ3v) is 4.74. The zero-order chi connectivity index (χ0) is 16.7. The third kappa shape index (κ3) is 2.60. The van der Waals surface area contributed by atoms with Crippen LogP contribution in [0.1, 0.15) is 49.6 Å². The molecule has 0 saturated carbocycles. The number of para-hydroxylation sites is 1. The molecule has 2 aromatic heterocycles. The molecule has 0 saturated heterocycles. The molecule has 0 amide bonds. The summed E-state index contributed by atoms with van der Waals surface area (Å²) in [6.45, 7) is 6.61. The average molecular weight is 318 g/mol. The van der Waals surface area contributed by atoms with Crippen LogP contribution in [0.25, 0.3) is 22.0 Å². The Morgan fingerprint density at radius 2 is 1.96 bits per heavy atom. The van der Waals surface area contributed by atoms with Crippen molar-refractivity contribution in [3.8, 4) is 0 Å². The van der Waals surface area contributed by atoms with Gasteiger partial charge in [-0.15, -0.1) is 0 Å². The molecule has 3 nitrogen and oxygen atoms in total. The van der Waals surface area contributed by atoms with E-state index in [0.717, 1.165) is 23.4 Å². The Balaban J connectivity index is 1.64. The molecule has 0 aliphatic rings. The van der Waals surface area contributed by atoms with E-state index in [0.29, 0.717) is 11.8 Å². The summed E-state index contributed by atoms with van der Waals surface area (Å²) in [4.78, 5) is 8.02. The van der Waals surface area contributed by atoms with Gasteiger partial charge in [-0.1, -0.05) is 39.0 Å². The maximum absolute atomic E-state index is 6.01. The molecule has 122 valence electrons. The zero-order valence-corrected chi connectivity index (χ0v) is 14.3. The fourth-order valence-electron chi connectivity index (χ4n) is 3.33. The number of aromatic amines is 1. The number of nitrogens with zero attached hydrogens (tertiary/aromatic N) is 1. The molecule has 3 heteroatoms. The number of H-pyrrole nitrogens is 1. The Bertz CT molecular complexity index is 993. The lowest BCUT2D eigenvalue weighted by atomic mass is 9.96. The molecular weight excluding hydrogens is 296 g/mol. The fraction of sp³-hybridized carbons (Fsp3) is 0.286. The second-order valence-corrected chi connectivity index (χ2v) is 6.89. The summed E-state index contributed by atoms with van der Waals surface area (Å²) >= 11 is 0. The number of hydrogen-bond donors (Lipinski definition) is 1. The largest absolute Gasteiger partial charge is 0.441 e. The molecule has 0 fully saturated rings. The summed E-state index contributed by atoms with van der Waals surface area (Å²) in [7, 11) is 0. The minimum Gasteiger partial charge on any atom is -0.441 e. The maximum Gasteiger partial charge on any atom is 0.196 e. The first-order valence-electron chi connectivity index (χ1n) is 8.57. The maximum atomic E-state index is 6.01. The number of nitrogens with one attached hydrogen (secondary N) is 1. The molecule has 24 heavy (non-hydrogen) atoms. The molecule has 1 unspecified atom stereocenters. The van der Waals surface area contributed by atoms with Crippen molar-refractivity contribution in [3.63, 3.8) is 0 Å². The molecule has 0 bridgehead atoms. The molecular formula is C21H22N2O. The van der Waals surface area contributed by atoms with Gasteiger partial charge in [0.05, 0.1) is 0 Å². The third-order valence-electron chi connectivity index (χ3n) is 4.74. The SMILES string of the molecule is CC(C)c1cccc2oc(CC(C)c3ccc4[nH]ccc4c3)nc12. The normalized spacial score (nSPS) is 13.2. The topological polar surface area (TPSA) is 41.8 Å². The molecule has 0 spiro atoms. The van der Waals surface area contributed by atoms with E-state index in [2.05, 4.69) is 62.2 Å². The molecule has 2 aromatic carbocycles. The molecule has 2 heterocycles. The van der Waals surface area contributed by atoms with Crippen molar-refractivity contribution in [3.05, 3.63) is 65.7 Å². The summed E-state index contributed by atoms with van der Waals surface area (Å²) in [6, 6.07) is 14.9. The van der Waals surface area contributed by atoms with Gasteiger partial charge in [0.15, 0.2) is 11.5 Å². The molecule has 0 aliphatic carbocycles. The van der Waals surface area contributed by atoms with Crippen molar-refractivity contribution in [2.75, 3.05) is 0 Å². The smallest absolute Gasteiger partial charge is 0.196 e. The van der Waals surface area contributed by atoms with Crippen LogP contribution in [0.4, 0.5) is 0 Å². The second-order valence-electron chi connectivity index (χ2n) is 6.89. The lowest BCUT2D eigenvalue weighted by Gasteiger charge is -2.09. The van der Waals surface area contributed by atoms with Crippen molar-refractivity contribution >= 4 is 22.0 Å². The molecule has 0 aliphatic heterocycles. The van der Waals surface area contributed by atoms with Crippen LogP contribution >= 0.6 is 0 Å². The molecule has 4 rings (SSSR count). The number of aromatic nitrogens is 2. The van der Waals surface area contributed by atoms with Crippen LogP contribution in [0, 0.1) is 0 Å². The first-order chi connectivity index (χ1) is 11.6. The lowest BCUT2D eigenvalue weighted by molar-refractivity contribution is 0.508. The predicted octanol–water partition coefficient (Wildman–Crippen LogP) is 5.78. The van der Waals surface area contributed by atoms with Crippen molar-refractivity contribution in [2.45, 2.75) is 39.0 Å². The summed E-state index contributed by atoms with van der Waals surface area (Å²) in [6.07, 6.45) is 2.79. The predicted molar refractivity (Wildman–Crippen MR) is 98.5 cm³/mol. The molecule has 4 aromatic rings. The Hall–Kier alpha value is -2.55. The van der Waals surface area contributed by atoms with Crippen LogP contribution in [0.2, 0.25) is 0 Å². The minimum atomic E-state index is 0.361. The fourth-order valence-corrected chi connectivity index (χ4v) is 3.33. The minimum absolute atomic E-state index is 0.361. The summed E-state index contributed by atoms with van der Waals surface area (Å²) in [5, 5.41) is 1.25. The Morgan fingerprint density at radius 3 is 2.79 bits per heavy atom. The average Bonchev–Trinajstić information content (AvgIpc) is 3.19. The first kappa shape index (κ1) is 15.0. The Labute approximate surface area is 141 Å². The van der Waals surface area contributed by atoms with Gasteiger partial charge in [-0.05, 0) is 52.6 Å².